The number of carbonyl (C=O) groups excluding carboxylic acids is 1. The topological polar surface area (TPSA) is 152 Å². The van der Waals surface area contributed by atoms with Gasteiger partial charge in [-0.3, -0.25) is 15.0 Å². The third-order valence-electron chi connectivity index (χ3n) is 7.42. The van der Waals surface area contributed by atoms with Gasteiger partial charge in [0.05, 0.1) is 43.8 Å². The van der Waals surface area contributed by atoms with Crippen LogP contribution in [0.5, 0.6) is 0 Å². The fourth-order valence-electron chi connectivity index (χ4n) is 4.93. The second kappa shape index (κ2) is 12.4. The Kier molecular flexibility index (Phi) is 8.99. The summed E-state index contributed by atoms with van der Waals surface area (Å²) in [4.78, 5) is 18.9. The fraction of sp³-hybridized carbons (Fsp3) is 0.577. The largest absolute Gasteiger partial charge is 0.414 e. The Morgan fingerprint density at radius 3 is 2.77 bits per heavy atom. The van der Waals surface area contributed by atoms with Crippen molar-refractivity contribution < 1.29 is 46.0 Å². The van der Waals surface area contributed by atoms with Gasteiger partial charge in [0.2, 0.25) is 0 Å². The molecule has 18 heteroatoms. The lowest BCUT2D eigenvalue weighted by Crippen LogP contribution is -2.61. The molecule has 5 atom stereocenters. The van der Waals surface area contributed by atoms with Crippen molar-refractivity contribution in [3.05, 3.63) is 53.8 Å². The Balaban J connectivity index is 1.49. The molecule has 2 unspecified atom stereocenters. The highest BCUT2D eigenvalue weighted by Gasteiger charge is 2.43. The van der Waals surface area contributed by atoms with Crippen molar-refractivity contribution in [2.24, 2.45) is 0 Å². The second-order valence-corrected chi connectivity index (χ2v) is 10.8. The maximum absolute atomic E-state index is 14.2. The monoisotopic (exact) mass is 630 g/mol. The van der Waals surface area contributed by atoms with E-state index in [1.807, 2.05) is 0 Å². The number of fused-ring (bicyclic) bond motifs is 1. The lowest BCUT2D eigenvalue weighted by atomic mass is 10.1. The predicted octanol–water partition coefficient (Wildman–Crippen LogP) is 2.49. The van der Waals surface area contributed by atoms with Crippen LogP contribution in [0.2, 0.25) is 0 Å². The Morgan fingerprint density at radius 2 is 2.11 bits per heavy atom. The minimum absolute atomic E-state index is 0.0106. The molecule has 2 fully saturated rings. The minimum Gasteiger partial charge on any atom is -0.383 e. The number of rotatable bonds is 12. The van der Waals surface area contributed by atoms with E-state index in [0.29, 0.717) is 11.3 Å². The van der Waals surface area contributed by atoms with Gasteiger partial charge in [-0.15, -0.1) is 6.58 Å². The molecule has 5 rings (SSSR count). The summed E-state index contributed by atoms with van der Waals surface area (Å²) < 4.78 is 85.3. The molecule has 1 saturated heterocycles. The number of ether oxygens (including phenoxy) is 2. The highest BCUT2D eigenvalue weighted by Crippen LogP contribution is 2.40. The number of alkyl halides is 5. The highest BCUT2D eigenvalue weighted by molar-refractivity contribution is 5.93. The van der Waals surface area contributed by atoms with Gasteiger partial charge in [-0.2, -0.15) is 18.3 Å². The predicted molar refractivity (Wildman–Crippen MR) is 140 cm³/mol. The van der Waals surface area contributed by atoms with Gasteiger partial charge in [-0.1, -0.05) is 11.2 Å². The van der Waals surface area contributed by atoms with Crippen molar-refractivity contribution in [3.63, 3.8) is 0 Å². The van der Waals surface area contributed by atoms with Crippen LogP contribution >= 0.6 is 0 Å². The summed E-state index contributed by atoms with van der Waals surface area (Å²) in [5.74, 6) is -3.91. The van der Waals surface area contributed by atoms with Crippen molar-refractivity contribution >= 4 is 11.6 Å². The summed E-state index contributed by atoms with van der Waals surface area (Å²) in [6.07, 6.45) is -4.32. The lowest BCUT2D eigenvalue weighted by Gasteiger charge is -2.41. The first-order chi connectivity index (χ1) is 20.8. The molecular formula is C26H31F5N8O5. The molecule has 240 valence electrons. The van der Waals surface area contributed by atoms with E-state index in [9.17, 15) is 31.9 Å². The number of hydrogen-bond acceptors (Lipinski definition) is 11. The molecule has 0 aromatic carbocycles. The summed E-state index contributed by atoms with van der Waals surface area (Å²) in [7, 11) is 1.37. The van der Waals surface area contributed by atoms with Gasteiger partial charge in [-0.05, 0) is 36.6 Å². The SMILES string of the molecule is C=C[C@@H](O[C@@H](C)C(F)(F)F)C(NC(=O)c1nonc1C1CC1)c1cn2ncc([C@@H](COC)N3CC(F)(F)CNC3O)cc2n1. The highest BCUT2D eigenvalue weighted by atomic mass is 19.4. The summed E-state index contributed by atoms with van der Waals surface area (Å²) in [5, 5.41) is 27.2. The van der Waals surface area contributed by atoms with Crippen molar-refractivity contribution in [3.8, 4) is 0 Å². The van der Waals surface area contributed by atoms with Crippen LogP contribution in [0.15, 0.2) is 35.7 Å². The third-order valence-corrected chi connectivity index (χ3v) is 7.42. The lowest BCUT2D eigenvalue weighted by molar-refractivity contribution is -0.224. The number of amides is 1. The molecule has 1 amide bonds. The van der Waals surface area contributed by atoms with E-state index in [-0.39, 0.29) is 29.6 Å². The van der Waals surface area contributed by atoms with E-state index in [0.717, 1.165) is 30.7 Å². The molecule has 0 spiro atoms. The maximum atomic E-state index is 14.2. The third kappa shape index (κ3) is 6.88. The smallest absolute Gasteiger partial charge is 0.383 e. The van der Waals surface area contributed by atoms with Gasteiger partial charge < -0.3 is 19.9 Å². The average molecular weight is 631 g/mol. The zero-order chi connectivity index (χ0) is 31.8. The summed E-state index contributed by atoms with van der Waals surface area (Å²) in [5.41, 5.74) is 0.812. The first-order valence-corrected chi connectivity index (χ1v) is 13.7. The van der Waals surface area contributed by atoms with Crippen LogP contribution in [0, 0.1) is 0 Å². The standard InChI is InChI=1S/C26H31F5N8O5/c1-4-18(43-13(2)26(29,30)31)21(35-23(40)22-20(14-5-6-14)36-44-37-22)16-9-39-19(34-16)7-15(8-33-39)17(10-42-3)38-12-25(27,28)11-32-24(38)41/h4,7-9,13-14,17-18,21,24,32,41H,1,5-6,10-12H2,2-3H3,(H,35,40)/t13-,17+,18+,21?,24?/m0/s1. The number of nitrogens with zero attached hydrogens (tertiary/aromatic N) is 6. The number of aromatic nitrogens is 5. The Morgan fingerprint density at radius 1 is 1.36 bits per heavy atom. The van der Waals surface area contributed by atoms with Gasteiger partial charge in [0.15, 0.2) is 23.8 Å². The van der Waals surface area contributed by atoms with Gasteiger partial charge >= 0.3 is 6.18 Å². The fourth-order valence-corrected chi connectivity index (χ4v) is 4.93. The van der Waals surface area contributed by atoms with Gasteiger partial charge in [0, 0.05) is 13.0 Å². The van der Waals surface area contributed by atoms with Gasteiger partial charge in [0.1, 0.15) is 17.8 Å². The number of aliphatic hydroxyl groups excluding tert-OH is 1. The van der Waals surface area contributed by atoms with Gasteiger partial charge in [0.25, 0.3) is 11.8 Å². The molecule has 1 aliphatic carbocycles. The molecule has 3 N–H and O–H groups in total. The number of imidazole rings is 1. The number of aliphatic hydroxyl groups is 1. The van der Waals surface area contributed by atoms with E-state index in [2.05, 4.69) is 37.6 Å². The van der Waals surface area contributed by atoms with Crippen LogP contribution in [-0.4, -0.2) is 98.3 Å². The quantitative estimate of drug-likeness (QED) is 0.200. The van der Waals surface area contributed by atoms with Crippen LogP contribution in [0.4, 0.5) is 22.0 Å². The zero-order valence-electron chi connectivity index (χ0n) is 23.7. The van der Waals surface area contributed by atoms with Crippen molar-refractivity contribution in [2.45, 2.75) is 68.4 Å². The molecule has 13 nitrogen and oxygen atoms in total. The van der Waals surface area contributed by atoms with E-state index >= 15 is 0 Å². The minimum atomic E-state index is -4.71. The van der Waals surface area contributed by atoms with Crippen LogP contribution in [-0.2, 0) is 9.47 Å². The number of hydrogen-bond donors (Lipinski definition) is 3. The second-order valence-electron chi connectivity index (χ2n) is 10.8. The summed E-state index contributed by atoms with van der Waals surface area (Å²) in [6.45, 7) is 2.87. The van der Waals surface area contributed by atoms with Crippen LogP contribution < -0.4 is 10.6 Å². The van der Waals surface area contributed by atoms with Crippen LogP contribution in [0.25, 0.3) is 5.65 Å². The molecule has 3 aromatic heterocycles. The molecule has 1 saturated carbocycles. The zero-order valence-corrected chi connectivity index (χ0v) is 23.7. The molecule has 1 aliphatic heterocycles. The van der Waals surface area contributed by atoms with Crippen LogP contribution in [0.1, 0.15) is 65.2 Å². The molecule has 4 heterocycles. The molecule has 3 aromatic rings. The molecule has 0 radical (unpaired) electrons. The summed E-state index contributed by atoms with van der Waals surface area (Å²) in [6, 6.07) is -0.674. The maximum Gasteiger partial charge on any atom is 0.414 e. The van der Waals surface area contributed by atoms with E-state index < -0.39 is 61.7 Å². The molecule has 2 aliphatic rings. The van der Waals surface area contributed by atoms with Crippen molar-refractivity contribution in [2.75, 3.05) is 26.8 Å². The Bertz CT molecular complexity index is 1480. The van der Waals surface area contributed by atoms with E-state index in [1.165, 1.54) is 30.1 Å². The van der Waals surface area contributed by atoms with Gasteiger partial charge in [-0.25, -0.2) is 22.9 Å². The van der Waals surface area contributed by atoms with Crippen LogP contribution in [0.3, 0.4) is 0 Å². The summed E-state index contributed by atoms with van der Waals surface area (Å²) >= 11 is 0. The Labute approximate surface area is 247 Å². The van der Waals surface area contributed by atoms with E-state index in [1.54, 1.807) is 0 Å². The first-order valence-electron chi connectivity index (χ1n) is 13.7. The molecule has 44 heavy (non-hydrogen) atoms. The number of methoxy groups -OCH3 is 1. The first kappa shape index (κ1) is 31.8. The number of carbonyl (C=O) groups is 1. The number of nitrogens with one attached hydrogen (secondary N) is 2. The Hall–Kier alpha value is -3.58. The van der Waals surface area contributed by atoms with Crippen molar-refractivity contribution in [1.82, 2.24) is 40.4 Å². The van der Waals surface area contributed by atoms with Crippen molar-refractivity contribution in [1.29, 1.82) is 0 Å². The molecule has 0 bridgehead atoms. The number of halogens is 5. The average Bonchev–Trinajstić information content (AvgIpc) is 3.53. The molecular weight excluding hydrogens is 599 g/mol. The van der Waals surface area contributed by atoms with E-state index in [4.69, 9.17) is 14.1 Å². The normalized spacial score (nSPS) is 22.0.